The van der Waals surface area contributed by atoms with Gasteiger partial charge in [-0.05, 0) is 36.6 Å². The number of aryl methyl sites for hydroxylation is 1. The van der Waals surface area contributed by atoms with Gasteiger partial charge in [0.05, 0.1) is 12.4 Å². The number of rotatable bonds is 3. The fourth-order valence-electron chi connectivity index (χ4n) is 3.30. The van der Waals surface area contributed by atoms with Gasteiger partial charge < -0.3 is 14.2 Å². The second-order valence-electron chi connectivity index (χ2n) is 6.63. The van der Waals surface area contributed by atoms with E-state index in [9.17, 15) is 0 Å². The summed E-state index contributed by atoms with van der Waals surface area (Å²) < 4.78 is 6.14. The molecule has 0 spiro atoms. The van der Waals surface area contributed by atoms with Gasteiger partial charge in [-0.3, -0.25) is 4.98 Å². The highest BCUT2D eigenvalue weighted by atomic mass is 16.3. The molecule has 4 heteroatoms. The van der Waals surface area contributed by atoms with Gasteiger partial charge in [-0.25, -0.2) is 0 Å². The number of fused-ring (bicyclic) bond motifs is 3. The molecule has 1 aliphatic heterocycles. The van der Waals surface area contributed by atoms with Gasteiger partial charge in [0, 0.05) is 30.5 Å². The van der Waals surface area contributed by atoms with E-state index in [0.29, 0.717) is 5.92 Å². The molecule has 2 aromatic heterocycles. The van der Waals surface area contributed by atoms with Crippen molar-refractivity contribution >= 4 is 27.8 Å². The fraction of sp³-hybridized carbons (Fsp3) is 0.316. The normalized spacial score (nSPS) is 14.8. The van der Waals surface area contributed by atoms with Gasteiger partial charge in [-0.1, -0.05) is 19.9 Å². The maximum absolute atomic E-state index is 6.14. The van der Waals surface area contributed by atoms with E-state index in [1.807, 2.05) is 18.3 Å². The Labute approximate surface area is 136 Å². The van der Waals surface area contributed by atoms with Crippen LogP contribution in [-0.2, 0) is 0 Å². The quantitative estimate of drug-likeness (QED) is 0.713. The van der Waals surface area contributed by atoms with Crippen molar-refractivity contribution in [3.63, 3.8) is 0 Å². The molecule has 0 N–H and O–H groups in total. The largest absolute Gasteiger partial charge is 0.452 e. The van der Waals surface area contributed by atoms with Crippen molar-refractivity contribution in [2.24, 2.45) is 5.92 Å². The molecule has 0 unspecified atom stereocenters. The summed E-state index contributed by atoms with van der Waals surface area (Å²) in [4.78, 5) is 9.08. The Morgan fingerprint density at radius 3 is 2.91 bits per heavy atom. The van der Waals surface area contributed by atoms with Crippen LogP contribution >= 0.6 is 0 Å². The molecule has 1 aliphatic rings. The van der Waals surface area contributed by atoms with Crippen molar-refractivity contribution in [3.8, 4) is 0 Å². The number of benzene rings is 1. The lowest BCUT2D eigenvalue weighted by atomic mass is 10.1. The third-order valence-electron chi connectivity index (χ3n) is 4.25. The average Bonchev–Trinajstić information content (AvgIpc) is 3.10. The predicted molar refractivity (Wildman–Crippen MR) is 94.3 cm³/mol. The smallest absolute Gasteiger partial charge is 0.161 e. The number of hydrogen-bond donors (Lipinski definition) is 0. The number of furan rings is 1. The molecule has 0 bridgehead atoms. The van der Waals surface area contributed by atoms with E-state index in [2.05, 4.69) is 60.1 Å². The molecule has 3 aromatic rings. The van der Waals surface area contributed by atoms with Crippen LogP contribution < -0.4 is 4.90 Å². The van der Waals surface area contributed by atoms with E-state index in [1.165, 1.54) is 5.56 Å². The molecule has 0 amide bonds. The summed E-state index contributed by atoms with van der Waals surface area (Å²) in [6.45, 7) is 8.54. The summed E-state index contributed by atoms with van der Waals surface area (Å²) in [5.74, 6) is 0.645. The Morgan fingerprint density at radius 1 is 1.22 bits per heavy atom. The molecule has 118 valence electrons. The highest BCUT2D eigenvalue weighted by Crippen LogP contribution is 2.37. The van der Waals surface area contributed by atoms with Gasteiger partial charge >= 0.3 is 0 Å². The summed E-state index contributed by atoms with van der Waals surface area (Å²) in [6.07, 6.45) is 6.13. The Morgan fingerprint density at radius 2 is 2.09 bits per heavy atom. The van der Waals surface area contributed by atoms with E-state index < -0.39 is 0 Å². The summed E-state index contributed by atoms with van der Waals surface area (Å²) >= 11 is 0. The second-order valence-corrected chi connectivity index (χ2v) is 6.63. The van der Waals surface area contributed by atoms with Crippen molar-refractivity contribution in [2.45, 2.75) is 20.8 Å². The fourth-order valence-corrected chi connectivity index (χ4v) is 3.30. The molecule has 0 radical (unpaired) electrons. The molecule has 23 heavy (non-hydrogen) atoms. The molecule has 0 saturated heterocycles. The maximum Gasteiger partial charge on any atom is 0.161 e. The van der Waals surface area contributed by atoms with Crippen molar-refractivity contribution in [2.75, 3.05) is 18.1 Å². The van der Waals surface area contributed by atoms with Crippen LogP contribution in [-0.4, -0.2) is 23.1 Å². The topological polar surface area (TPSA) is 32.5 Å². The Kier molecular flexibility index (Phi) is 3.26. The first-order chi connectivity index (χ1) is 11.1. The van der Waals surface area contributed by atoms with Crippen LogP contribution in [0.5, 0.6) is 0 Å². The number of anilines is 1. The molecule has 4 rings (SSSR count). The Hall–Kier alpha value is -2.49. The highest BCUT2D eigenvalue weighted by Gasteiger charge is 2.21. The summed E-state index contributed by atoms with van der Waals surface area (Å²) in [6, 6.07) is 8.16. The highest BCUT2D eigenvalue weighted by molar-refractivity contribution is 6.07. The van der Waals surface area contributed by atoms with E-state index >= 15 is 0 Å². The van der Waals surface area contributed by atoms with Gasteiger partial charge in [0.1, 0.15) is 5.52 Å². The molecule has 1 aromatic carbocycles. The minimum Gasteiger partial charge on any atom is -0.452 e. The van der Waals surface area contributed by atoms with Gasteiger partial charge in [0.2, 0.25) is 0 Å². The van der Waals surface area contributed by atoms with E-state index in [4.69, 9.17) is 4.42 Å². The van der Waals surface area contributed by atoms with E-state index in [1.54, 1.807) is 0 Å². The van der Waals surface area contributed by atoms with Crippen LogP contribution in [0.4, 0.5) is 5.69 Å². The first-order valence-corrected chi connectivity index (χ1v) is 8.09. The van der Waals surface area contributed by atoms with Crippen molar-refractivity contribution in [3.05, 3.63) is 48.4 Å². The standard InChI is InChI=1S/C19H21N3O/c1-13(2)11-21-9-10-22(12-21)18-14(3)6-7-15-17-16(23-19(15)18)5-4-8-20-17/h4-10,13H,11-12H2,1-3H3. The van der Waals surface area contributed by atoms with Crippen molar-refractivity contribution < 1.29 is 4.42 Å². The first kappa shape index (κ1) is 14.1. The van der Waals surface area contributed by atoms with Crippen LogP contribution in [0.1, 0.15) is 19.4 Å². The minimum atomic E-state index is 0.645. The van der Waals surface area contributed by atoms with Crippen LogP contribution in [0.2, 0.25) is 0 Å². The van der Waals surface area contributed by atoms with E-state index in [0.717, 1.165) is 41.0 Å². The van der Waals surface area contributed by atoms with Crippen molar-refractivity contribution in [1.29, 1.82) is 0 Å². The molecular formula is C19H21N3O. The van der Waals surface area contributed by atoms with Crippen LogP contribution in [0, 0.1) is 12.8 Å². The third-order valence-corrected chi connectivity index (χ3v) is 4.25. The zero-order valence-electron chi connectivity index (χ0n) is 13.8. The summed E-state index contributed by atoms with van der Waals surface area (Å²) in [5.41, 5.74) is 5.06. The zero-order valence-corrected chi connectivity index (χ0v) is 13.8. The first-order valence-electron chi connectivity index (χ1n) is 8.09. The third kappa shape index (κ3) is 2.34. The van der Waals surface area contributed by atoms with E-state index in [-0.39, 0.29) is 0 Å². The summed E-state index contributed by atoms with van der Waals surface area (Å²) in [7, 11) is 0. The number of hydrogen-bond acceptors (Lipinski definition) is 4. The maximum atomic E-state index is 6.14. The van der Waals surface area contributed by atoms with Gasteiger partial charge in [0.25, 0.3) is 0 Å². The Bertz CT molecular complexity index is 894. The minimum absolute atomic E-state index is 0.645. The lowest BCUT2D eigenvalue weighted by Gasteiger charge is -2.24. The number of pyridine rings is 1. The lowest BCUT2D eigenvalue weighted by molar-refractivity contribution is 0.354. The van der Waals surface area contributed by atoms with Gasteiger partial charge in [0.15, 0.2) is 11.2 Å². The molecule has 0 aliphatic carbocycles. The SMILES string of the molecule is Cc1ccc2c(oc3cccnc32)c1N1C=CN(CC(C)C)C1. The van der Waals surface area contributed by atoms with Gasteiger partial charge in [-0.2, -0.15) is 0 Å². The zero-order chi connectivity index (χ0) is 16.0. The molecule has 3 heterocycles. The van der Waals surface area contributed by atoms with Crippen LogP contribution in [0.3, 0.4) is 0 Å². The molecule has 0 atom stereocenters. The number of aromatic nitrogens is 1. The van der Waals surface area contributed by atoms with Crippen LogP contribution in [0.15, 0.2) is 47.3 Å². The average molecular weight is 307 g/mol. The monoisotopic (exact) mass is 307 g/mol. The number of nitrogens with zero attached hydrogens (tertiary/aromatic N) is 3. The second kappa shape index (κ2) is 5.30. The van der Waals surface area contributed by atoms with Crippen LogP contribution in [0.25, 0.3) is 22.1 Å². The van der Waals surface area contributed by atoms with Crippen molar-refractivity contribution in [1.82, 2.24) is 9.88 Å². The molecular weight excluding hydrogens is 286 g/mol. The Balaban J connectivity index is 1.81. The molecule has 0 fully saturated rings. The van der Waals surface area contributed by atoms with Gasteiger partial charge in [-0.15, -0.1) is 0 Å². The summed E-state index contributed by atoms with van der Waals surface area (Å²) in [5, 5.41) is 1.08. The molecule has 0 saturated carbocycles. The predicted octanol–water partition coefficient (Wildman–Crippen LogP) is 4.50. The lowest BCUT2D eigenvalue weighted by Crippen LogP contribution is -2.28. The molecule has 4 nitrogen and oxygen atoms in total.